The van der Waals surface area contributed by atoms with E-state index < -0.39 is 10.0 Å². The standard InChI is InChI=1S/C14H19N3O3S/c18-21(19)14-6-2-1-5-13(14)16-11-17(21)8-7-15-10-12-4-3-9-20-12/h1-2,5-6,11-12,15H,3-4,7-10H2. The van der Waals surface area contributed by atoms with E-state index in [4.69, 9.17) is 4.74 Å². The summed E-state index contributed by atoms with van der Waals surface area (Å²) in [6.07, 6.45) is 3.84. The molecule has 1 aromatic carbocycles. The van der Waals surface area contributed by atoms with Gasteiger partial charge in [-0.25, -0.2) is 13.4 Å². The first kappa shape index (κ1) is 14.5. The summed E-state index contributed by atoms with van der Waals surface area (Å²) >= 11 is 0. The molecule has 6 nitrogen and oxygen atoms in total. The summed E-state index contributed by atoms with van der Waals surface area (Å²) in [6, 6.07) is 6.79. The summed E-state index contributed by atoms with van der Waals surface area (Å²) in [5.74, 6) is 0. The number of para-hydroxylation sites is 1. The molecule has 3 rings (SSSR count). The van der Waals surface area contributed by atoms with Gasteiger partial charge in [-0.05, 0) is 25.0 Å². The molecule has 7 heteroatoms. The highest BCUT2D eigenvalue weighted by Crippen LogP contribution is 2.29. The van der Waals surface area contributed by atoms with Gasteiger partial charge in [0.2, 0.25) is 0 Å². The molecule has 1 unspecified atom stereocenters. The van der Waals surface area contributed by atoms with Crippen LogP contribution in [0.1, 0.15) is 12.8 Å². The predicted molar refractivity (Wildman–Crippen MR) is 80.3 cm³/mol. The van der Waals surface area contributed by atoms with Crippen LogP contribution in [-0.2, 0) is 14.8 Å². The lowest BCUT2D eigenvalue weighted by Gasteiger charge is -2.24. The fourth-order valence-corrected chi connectivity index (χ4v) is 3.92. The molecular formula is C14H19N3O3S. The summed E-state index contributed by atoms with van der Waals surface area (Å²) < 4.78 is 31.7. The van der Waals surface area contributed by atoms with E-state index in [1.807, 2.05) is 0 Å². The van der Waals surface area contributed by atoms with E-state index in [2.05, 4.69) is 10.3 Å². The van der Waals surface area contributed by atoms with E-state index in [1.165, 1.54) is 10.6 Å². The van der Waals surface area contributed by atoms with Crippen LogP contribution in [-0.4, -0.2) is 51.4 Å². The highest BCUT2D eigenvalue weighted by Gasteiger charge is 2.27. The second kappa shape index (κ2) is 6.13. The van der Waals surface area contributed by atoms with Gasteiger partial charge in [-0.1, -0.05) is 12.1 Å². The van der Waals surface area contributed by atoms with Gasteiger partial charge in [0, 0.05) is 26.2 Å². The van der Waals surface area contributed by atoms with Crippen molar-refractivity contribution in [2.75, 3.05) is 26.2 Å². The maximum atomic E-state index is 12.4. The molecule has 0 radical (unpaired) electrons. The van der Waals surface area contributed by atoms with Crippen molar-refractivity contribution >= 4 is 22.0 Å². The van der Waals surface area contributed by atoms with E-state index in [0.717, 1.165) is 26.0 Å². The third kappa shape index (κ3) is 3.09. The number of sulfonamides is 1. The maximum Gasteiger partial charge on any atom is 0.267 e. The number of rotatable bonds is 5. The molecule has 0 amide bonds. The highest BCUT2D eigenvalue weighted by atomic mass is 32.2. The zero-order valence-electron chi connectivity index (χ0n) is 11.7. The summed E-state index contributed by atoms with van der Waals surface area (Å²) in [5.41, 5.74) is 0.501. The Kier molecular flexibility index (Phi) is 4.23. The van der Waals surface area contributed by atoms with Gasteiger partial charge in [-0.2, -0.15) is 0 Å². The molecule has 0 spiro atoms. The number of nitrogens with zero attached hydrogens (tertiary/aromatic N) is 2. The van der Waals surface area contributed by atoms with Crippen molar-refractivity contribution in [3.8, 4) is 0 Å². The van der Waals surface area contributed by atoms with E-state index in [0.29, 0.717) is 18.8 Å². The molecular weight excluding hydrogens is 290 g/mol. The minimum atomic E-state index is -3.47. The summed E-state index contributed by atoms with van der Waals surface area (Å²) in [5, 5.41) is 3.24. The van der Waals surface area contributed by atoms with Crippen LogP contribution in [0.5, 0.6) is 0 Å². The molecule has 2 aliphatic heterocycles. The van der Waals surface area contributed by atoms with Gasteiger partial charge in [0.1, 0.15) is 11.2 Å². The van der Waals surface area contributed by atoms with Crippen molar-refractivity contribution in [1.29, 1.82) is 0 Å². The average molecular weight is 309 g/mol. The quantitative estimate of drug-likeness (QED) is 0.827. The minimum absolute atomic E-state index is 0.261. The van der Waals surface area contributed by atoms with Gasteiger partial charge in [0.25, 0.3) is 10.0 Å². The van der Waals surface area contributed by atoms with Crippen LogP contribution in [0.4, 0.5) is 5.69 Å². The zero-order valence-corrected chi connectivity index (χ0v) is 12.6. The molecule has 114 valence electrons. The number of fused-ring (bicyclic) bond motifs is 1. The third-order valence-corrected chi connectivity index (χ3v) is 5.48. The van der Waals surface area contributed by atoms with Gasteiger partial charge in [0.05, 0.1) is 11.8 Å². The van der Waals surface area contributed by atoms with Crippen molar-refractivity contribution in [2.45, 2.75) is 23.8 Å². The van der Waals surface area contributed by atoms with Crippen LogP contribution < -0.4 is 5.32 Å². The van der Waals surface area contributed by atoms with Crippen LogP contribution in [0.25, 0.3) is 0 Å². The van der Waals surface area contributed by atoms with Crippen molar-refractivity contribution in [1.82, 2.24) is 9.62 Å². The Morgan fingerprint density at radius 1 is 1.38 bits per heavy atom. The molecule has 0 saturated carbocycles. The third-order valence-electron chi connectivity index (χ3n) is 3.68. The van der Waals surface area contributed by atoms with Gasteiger partial charge in [0.15, 0.2) is 0 Å². The lowest BCUT2D eigenvalue weighted by molar-refractivity contribution is 0.110. The first-order valence-corrected chi connectivity index (χ1v) is 8.59. The zero-order chi connectivity index (χ0) is 14.7. The van der Waals surface area contributed by atoms with Gasteiger partial charge < -0.3 is 10.1 Å². The van der Waals surface area contributed by atoms with E-state index in [1.54, 1.807) is 24.3 Å². The largest absolute Gasteiger partial charge is 0.377 e. The lowest BCUT2D eigenvalue weighted by atomic mass is 10.2. The van der Waals surface area contributed by atoms with Crippen molar-refractivity contribution in [3.63, 3.8) is 0 Å². The highest BCUT2D eigenvalue weighted by molar-refractivity contribution is 7.89. The Morgan fingerprint density at radius 2 is 2.24 bits per heavy atom. The van der Waals surface area contributed by atoms with Crippen LogP contribution in [0.2, 0.25) is 0 Å². The Hall–Kier alpha value is -1.44. The average Bonchev–Trinajstić information content (AvgIpc) is 2.99. The molecule has 2 aliphatic rings. The number of benzene rings is 1. The number of hydrogen-bond acceptors (Lipinski definition) is 5. The Balaban J connectivity index is 1.57. The Labute approximate surface area is 124 Å². The number of nitrogens with one attached hydrogen (secondary N) is 1. The lowest BCUT2D eigenvalue weighted by Crippen LogP contribution is -2.39. The smallest absolute Gasteiger partial charge is 0.267 e. The van der Waals surface area contributed by atoms with Gasteiger partial charge in [-0.15, -0.1) is 0 Å². The summed E-state index contributed by atoms with van der Waals surface area (Å²) in [6.45, 7) is 2.54. The summed E-state index contributed by atoms with van der Waals surface area (Å²) in [7, 11) is -3.47. The first-order chi connectivity index (χ1) is 10.2. The van der Waals surface area contributed by atoms with Crippen molar-refractivity contribution in [3.05, 3.63) is 24.3 Å². The molecule has 0 aliphatic carbocycles. The fourth-order valence-electron chi connectivity index (χ4n) is 2.53. The monoisotopic (exact) mass is 309 g/mol. The summed E-state index contributed by atoms with van der Waals surface area (Å²) in [4.78, 5) is 4.47. The molecule has 1 atom stereocenters. The van der Waals surface area contributed by atoms with Crippen LogP contribution in [0.3, 0.4) is 0 Å². The fraction of sp³-hybridized carbons (Fsp3) is 0.500. The molecule has 21 heavy (non-hydrogen) atoms. The molecule has 1 fully saturated rings. The Morgan fingerprint density at radius 3 is 3.05 bits per heavy atom. The molecule has 0 bridgehead atoms. The minimum Gasteiger partial charge on any atom is -0.377 e. The molecule has 0 aromatic heterocycles. The van der Waals surface area contributed by atoms with E-state index in [-0.39, 0.29) is 11.0 Å². The number of aliphatic imine (C=N–C) groups is 1. The van der Waals surface area contributed by atoms with Crippen molar-refractivity contribution < 1.29 is 13.2 Å². The molecule has 2 heterocycles. The SMILES string of the molecule is O=S1(=O)c2ccccc2N=CN1CCNCC1CCCO1. The molecule has 1 N–H and O–H groups in total. The van der Waals surface area contributed by atoms with Gasteiger partial charge >= 0.3 is 0 Å². The van der Waals surface area contributed by atoms with Crippen LogP contribution >= 0.6 is 0 Å². The van der Waals surface area contributed by atoms with Crippen LogP contribution in [0, 0.1) is 0 Å². The van der Waals surface area contributed by atoms with E-state index in [9.17, 15) is 8.42 Å². The first-order valence-electron chi connectivity index (χ1n) is 7.15. The molecule has 1 saturated heterocycles. The second-order valence-corrected chi connectivity index (χ2v) is 7.03. The normalized spacial score (nSPS) is 23.2. The predicted octanol–water partition coefficient (Wildman–Crippen LogP) is 1.12. The van der Waals surface area contributed by atoms with E-state index >= 15 is 0 Å². The van der Waals surface area contributed by atoms with Crippen LogP contribution in [0.15, 0.2) is 34.2 Å². The second-order valence-electron chi connectivity index (χ2n) is 5.17. The Bertz CT molecular complexity index is 624. The topological polar surface area (TPSA) is 71.0 Å². The number of ether oxygens (including phenoxy) is 1. The number of hydrogen-bond donors (Lipinski definition) is 1. The van der Waals surface area contributed by atoms with Crippen molar-refractivity contribution in [2.24, 2.45) is 4.99 Å². The van der Waals surface area contributed by atoms with Gasteiger partial charge in [-0.3, -0.25) is 4.31 Å². The maximum absolute atomic E-state index is 12.4. The molecule has 1 aromatic rings.